The molecule has 0 aliphatic rings. The van der Waals surface area contributed by atoms with Crippen LogP contribution in [0.3, 0.4) is 0 Å². The Labute approximate surface area is 218 Å². The van der Waals surface area contributed by atoms with Crippen molar-refractivity contribution in [3.63, 3.8) is 0 Å². The van der Waals surface area contributed by atoms with E-state index in [0.717, 1.165) is 22.4 Å². The van der Waals surface area contributed by atoms with Crippen LogP contribution in [0, 0.1) is 6.92 Å². The maximum Gasteiger partial charge on any atom is 0.259 e. The molecule has 0 spiro atoms. The van der Waals surface area contributed by atoms with Gasteiger partial charge in [-0.25, -0.2) is 4.98 Å². The van der Waals surface area contributed by atoms with E-state index in [9.17, 15) is 9.59 Å². The number of anilines is 1. The Bertz CT molecular complexity index is 1410. The maximum atomic E-state index is 14.3. The summed E-state index contributed by atoms with van der Waals surface area (Å²) in [5.41, 5.74) is 3.84. The summed E-state index contributed by atoms with van der Waals surface area (Å²) in [7, 11) is 0. The predicted molar refractivity (Wildman–Crippen MR) is 148 cm³/mol. The van der Waals surface area contributed by atoms with E-state index in [0.29, 0.717) is 16.8 Å². The predicted octanol–water partition coefficient (Wildman–Crippen LogP) is 5.87. The lowest BCUT2D eigenvalue weighted by Gasteiger charge is -2.34. The molecule has 2 aromatic carbocycles. The maximum absolute atomic E-state index is 14.3. The summed E-state index contributed by atoms with van der Waals surface area (Å²) in [6.45, 7) is 14.1. The average Bonchev–Trinajstić information content (AvgIpc) is 3.20. The summed E-state index contributed by atoms with van der Waals surface area (Å²) in [6, 6.07) is 15.9. The molecule has 2 amide bonds. The quantitative estimate of drug-likeness (QED) is 0.361. The summed E-state index contributed by atoms with van der Waals surface area (Å²) in [5.74, 6) is 0.190. The molecule has 4 aromatic rings. The first-order valence-electron chi connectivity index (χ1n) is 12.5. The Hall–Kier alpha value is -4.00. The van der Waals surface area contributed by atoms with E-state index < -0.39 is 11.6 Å². The Morgan fingerprint density at radius 1 is 0.973 bits per heavy atom. The van der Waals surface area contributed by atoms with Gasteiger partial charge in [-0.2, -0.15) is 0 Å². The van der Waals surface area contributed by atoms with Gasteiger partial charge >= 0.3 is 0 Å². The molecule has 1 atom stereocenters. The van der Waals surface area contributed by atoms with Gasteiger partial charge < -0.3 is 10.3 Å². The third-order valence-electron chi connectivity index (χ3n) is 6.08. The first-order chi connectivity index (χ1) is 17.3. The van der Waals surface area contributed by atoms with Crippen LogP contribution in [0.1, 0.15) is 74.9 Å². The number of hydrogen-bond acceptors (Lipinski definition) is 4. The number of fused-ring (bicyclic) bond motifs is 1. The van der Waals surface area contributed by atoms with Gasteiger partial charge in [0.1, 0.15) is 11.9 Å². The third-order valence-corrected chi connectivity index (χ3v) is 6.08. The molecule has 2 aromatic heterocycles. The van der Waals surface area contributed by atoms with Crippen molar-refractivity contribution in [3.8, 4) is 0 Å². The van der Waals surface area contributed by atoms with Gasteiger partial charge in [-0.15, -0.1) is 0 Å². The molecule has 2 N–H and O–H groups in total. The van der Waals surface area contributed by atoms with E-state index in [4.69, 9.17) is 0 Å². The number of carbonyl (C=O) groups excluding carboxylic acids is 2. The molecule has 0 radical (unpaired) electrons. The number of hydrogen-bond donors (Lipinski definition) is 2. The molecule has 0 bridgehead atoms. The first-order valence-corrected chi connectivity index (χ1v) is 12.5. The number of rotatable bonds is 5. The van der Waals surface area contributed by atoms with Crippen molar-refractivity contribution in [2.75, 3.05) is 4.90 Å². The fourth-order valence-electron chi connectivity index (χ4n) is 4.31. The van der Waals surface area contributed by atoms with Gasteiger partial charge in [-0.1, -0.05) is 39.0 Å². The molecule has 37 heavy (non-hydrogen) atoms. The van der Waals surface area contributed by atoms with Crippen LogP contribution in [0.25, 0.3) is 11.0 Å². The highest BCUT2D eigenvalue weighted by atomic mass is 16.2. The van der Waals surface area contributed by atoms with Crippen molar-refractivity contribution in [1.29, 1.82) is 0 Å². The minimum absolute atomic E-state index is 0.0523. The molecule has 0 fully saturated rings. The zero-order valence-electron chi connectivity index (χ0n) is 22.6. The number of amides is 2. The van der Waals surface area contributed by atoms with E-state index in [1.54, 1.807) is 35.5 Å². The summed E-state index contributed by atoms with van der Waals surface area (Å²) in [6.07, 6.45) is 3.29. The number of benzene rings is 2. The zero-order chi connectivity index (χ0) is 27.0. The van der Waals surface area contributed by atoms with E-state index in [1.165, 1.54) is 0 Å². The molecule has 4 rings (SSSR count). The van der Waals surface area contributed by atoms with Crippen molar-refractivity contribution in [2.45, 2.75) is 65.5 Å². The molecule has 0 aliphatic heterocycles. The second-order valence-corrected chi connectivity index (χ2v) is 11.5. The van der Waals surface area contributed by atoms with Crippen LogP contribution in [0.5, 0.6) is 0 Å². The monoisotopic (exact) mass is 497 g/mol. The number of imidazole rings is 1. The van der Waals surface area contributed by atoms with Crippen LogP contribution in [0.2, 0.25) is 0 Å². The fourth-order valence-corrected chi connectivity index (χ4v) is 4.31. The number of aromatic nitrogens is 3. The lowest BCUT2D eigenvalue weighted by atomic mass is 9.87. The SMILES string of the molecule is Cc1nc2ccc(C(=O)N(c3ccc(C(C)(C)C)cc3)C(C(=O)NC(C)(C)C)c3cccnc3)cc2[nH]1. The van der Waals surface area contributed by atoms with Gasteiger partial charge in [0.2, 0.25) is 5.91 Å². The van der Waals surface area contributed by atoms with Crippen LogP contribution < -0.4 is 10.2 Å². The molecule has 0 aliphatic carbocycles. The molecular formula is C30H35N5O2. The van der Waals surface area contributed by atoms with Crippen molar-refractivity contribution in [3.05, 3.63) is 89.5 Å². The molecule has 7 nitrogen and oxygen atoms in total. The van der Waals surface area contributed by atoms with E-state index in [2.05, 4.69) is 41.0 Å². The van der Waals surface area contributed by atoms with E-state index in [-0.39, 0.29) is 17.2 Å². The highest BCUT2D eigenvalue weighted by molar-refractivity contribution is 6.11. The Morgan fingerprint density at radius 2 is 1.68 bits per heavy atom. The molecule has 0 saturated carbocycles. The van der Waals surface area contributed by atoms with Crippen LogP contribution in [-0.4, -0.2) is 32.3 Å². The van der Waals surface area contributed by atoms with Crippen LogP contribution in [-0.2, 0) is 10.2 Å². The van der Waals surface area contributed by atoms with Crippen molar-refractivity contribution in [1.82, 2.24) is 20.3 Å². The topological polar surface area (TPSA) is 91.0 Å². The second-order valence-electron chi connectivity index (χ2n) is 11.5. The Balaban J connectivity index is 1.88. The molecule has 2 heterocycles. The summed E-state index contributed by atoms with van der Waals surface area (Å²) in [4.78, 5) is 41.5. The minimum atomic E-state index is -0.930. The second kappa shape index (κ2) is 9.81. The summed E-state index contributed by atoms with van der Waals surface area (Å²) < 4.78 is 0. The third kappa shape index (κ3) is 5.88. The zero-order valence-corrected chi connectivity index (χ0v) is 22.6. The van der Waals surface area contributed by atoms with Gasteiger partial charge in [-0.05, 0) is 75.1 Å². The highest BCUT2D eigenvalue weighted by Gasteiger charge is 2.35. The van der Waals surface area contributed by atoms with Gasteiger partial charge in [0.25, 0.3) is 5.91 Å². The van der Waals surface area contributed by atoms with Crippen LogP contribution in [0.15, 0.2) is 67.0 Å². The van der Waals surface area contributed by atoms with Gasteiger partial charge in [0, 0.05) is 34.7 Å². The largest absolute Gasteiger partial charge is 0.349 e. The average molecular weight is 498 g/mol. The highest BCUT2D eigenvalue weighted by Crippen LogP contribution is 2.32. The number of pyridine rings is 1. The van der Waals surface area contributed by atoms with Gasteiger partial charge in [0.15, 0.2) is 0 Å². The minimum Gasteiger partial charge on any atom is -0.349 e. The molecule has 192 valence electrons. The summed E-state index contributed by atoms with van der Waals surface area (Å²) in [5, 5.41) is 3.07. The van der Waals surface area contributed by atoms with E-state index in [1.807, 2.05) is 64.1 Å². The van der Waals surface area contributed by atoms with Crippen LogP contribution >= 0.6 is 0 Å². The lowest BCUT2D eigenvalue weighted by Crippen LogP contribution is -2.49. The number of carbonyl (C=O) groups is 2. The molecule has 0 saturated heterocycles. The normalized spacial score (nSPS) is 12.8. The van der Waals surface area contributed by atoms with Crippen molar-refractivity contribution >= 4 is 28.5 Å². The number of aromatic amines is 1. The molecule has 1 unspecified atom stereocenters. The Kier molecular flexibility index (Phi) is 6.91. The molecular weight excluding hydrogens is 462 g/mol. The van der Waals surface area contributed by atoms with Gasteiger partial charge in [0.05, 0.1) is 11.0 Å². The fraction of sp³-hybridized carbons (Fsp3) is 0.333. The number of aryl methyl sites for hydroxylation is 1. The number of nitrogens with zero attached hydrogens (tertiary/aromatic N) is 3. The number of H-pyrrole nitrogens is 1. The standard InChI is InChI=1S/C30H35N5O2/c1-19-32-24-15-10-20(17-25(24)33-19)28(37)35(23-13-11-22(12-14-23)29(2,3)4)26(21-9-8-16-31-18-21)27(36)34-30(5,6)7/h8-18,26H,1-7H3,(H,32,33)(H,34,36). The number of nitrogens with one attached hydrogen (secondary N) is 2. The van der Waals surface area contributed by atoms with Crippen molar-refractivity contribution in [2.24, 2.45) is 0 Å². The lowest BCUT2D eigenvalue weighted by molar-refractivity contribution is -0.123. The molecule has 7 heteroatoms. The van der Waals surface area contributed by atoms with Crippen molar-refractivity contribution < 1.29 is 9.59 Å². The summed E-state index contributed by atoms with van der Waals surface area (Å²) >= 11 is 0. The Morgan fingerprint density at radius 3 is 2.27 bits per heavy atom. The van der Waals surface area contributed by atoms with E-state index >= 15 is 0 Å². The van der Waals surface area contributed by atoms with Crippen LogP contribution in [0.4, 0.5) is 5.69 Å². The van der Waals surface area contributed by atoms with Gasteiger partial charge in [-0.3, -0.25) is 19.5 Å². The first kappa shape index (κ1) is 26.1. The smallest absolute Gasteiger partial charge is 0.259 e.